The van der Waals surface area contributed by atoms with E-state index in [0.717, 1.165) is 0 Å². The van der Waals surface area contributed by atoms with Crippen molar-refractivity contribution in [3.8, 4) is 0 Å². The molecule has 4 atom stereocenters. The van der Waals surface area contributed by atoms with Gasteiger partial charge in [0, 0.05) is 17.1 Å². The Bertz CT molecular complexity index is 1070. The maximum Gasteiger partial charge on any atom is 0.167 e. The summed E-state index contributed by atoms with van der Waals surface area (Å²) in [6.07, 6.45) is 9.12. The summed E-state index contributed by atoms with van der Waals surface area (Å²) < 4.78 is 34.7. The third kappa shape index (κ3) is 3.58. The van der Waals surface area contributed by atoms with Crippen LogP contribution >= 0.6 is 23.4 Å². The third-order valence-electron chi connectivity index (χ3n) is 5.18. The van der Waals surface area contributed by atoms with E-state index in [4.69, 9.17) is 25.8 Å². The molecule has 158 valence electrons. The molecule has 0 bridgehead atoms. The molecule has 2 aliphatic heterocycles. The van der Waals surface area contributed by atoms with Gasteiger partial charge in [0.05, 0.1) is 12.4 Å². The zero-order chi connectivity index (χ0) is 20.9. The standard InChI is InChI=1S/C20H20ClFN4O3S/c1-20(2)28-15-12(8-30-13-7-5-3-4-6-11(13)22)27-19(16(15)29-20)26-10-25-14-17(21)23-9-24-18(14)26/h3-5,7,9-10,12,15-16,19H,6,8H2,1-2H3/t12-,15-,16-,19?/m1/s1. The fourth-order valence-corrected chi connectivity index (χ4v) is 5.11. The van der Waals surface area contributed by atoms with Crippen molar-refractivity contribution in [3.63, 3.8) is 0 Å². The van der Waals surface area contributed by atoms with Gasteiger partial charge < -0.3 is 14.2 Å². The molecule has 2 aromatic heterocycles. The van der Waals surface area contributed by atoms with Crippen LogP contribution in [0.25, 0.3) is 11.2 Å². The van der Waals surface area contributed by atoms with Crippen LogP contribution in [-0.4, -0.2) is 49.4 Å². The minimum atomic E-state index is -0.750. The highest BCUT2D eigenvalue weighted by Gasteiger charge is 2.56. The van der Waals surface area contributed by atoms with E-state index in [1.54, 1.807) is 23.0 Å². The first-order valence-corrected chi connectivity index (χ1v) is 11.0. The first kappa shape index (κ1) is 20.1. The highest BCUT2D eigenvalue weighted by Crippen LogP contribution is 2.45. The van der Waals surface area contributed by atoms with Crippen molar-refractivity contribution < 1.29 is 18.6 Å². The van der Waals surface area contributed by atoms with Gasteiger partial charge in [-0.25, -0.2) is 19.3 Å². The van der Waals surface area contributed by atoms with Crippen LogP contribution in [-0.2, 0) is 14.2 Å². The Morgan fingerprint density at radius 3 is 2.93 bits per heavy atom. The van der Waals surface area contributed by atoms with Gasteiger partial charge >= 0.3 is 0 Å². The number of halogens is 2. The molecule has 5 rings (SSSR count). The summed E-state index contributed by atoms with van der Waals surface area (Å²) in [6, 6.07) is 0. The number of allylic oxidation sites excluding steroid dienone is 5. The summed E-state index contributed by atoms with van der Waals surface area (Å²) >= 11 is 7.56. The maximum absolute atomic E-state index is 14.3. The molecule has 0 saturated carbocycles. The largest absolute Gasteiger partial charge is 0.348 e. The lowest BCUT2D eigenvalue weighted by Crippen LogP contribution is -2.31. The van der Waals surface area contributed by atoms with Crippen LogP contribution in [0, 0.1) is 0 Å². The molecule has 1 unspecified atom stereocenters. The summed E-state index contributed by atoms with van der Waals surface area (Å²) in [5.41, 5.74) is 1.06. The first-order valence-electron chi connectivity index (χ1n) is 9.62. The van der Waals surface area contributed by atoms with Crippen LogP contribution in [0.1, 0.15) is 26.5 Å². The number of ether oxygens (including phenoxy) is 3. The fourth-order valence-electron chi connectivity index (χ4n) is 3.91. The van der Waals surface area contributed by atoms with Gasteiger partial charge in [-0.2, -0.15) is 0 Å². The number of nitrogens with zero attached hydrogens (tertiary/aromatic N) is 4. The predicted molar refractivity (Wildman–Crippen MR) is 112 cm³/mol. The number of aromatic nitrogens is 4. The summed E-state index contributed by atoms with van der Waals surface area (Å²) in [6.45, 7) is 3.75. The Morgan fingerprint density at radius 1 is 1.23 bits per heavy atom. The second kappa shape index (κ2) is 7.72. The molecule has 2 fully saturated rings. The van der Waals surface area contributed by atoms with Crippen LogP contribution in [0.4, 0.5) is 4.39 Å². The van der Waals surface area contributed by atoms with E-state index in [9.17, 15) is 4.39 Å². The lowest BCUT2D eigenvalue weighted by molar-refractivity contribution is -0.193. The normalized spacial score (nSPS) is 30.3. The number of hydrogen-bond donors (Lipinski definition) is 0. The van der Waals surface area contributed by atoms with E-state index >= 15 is 0 Å². The Kier molecular flexibility index (Phi) is 5.19. The zero-order valence-electron chi connectivity index (χ0n) is 16.4. The monoisotopic (exact) mass is 450 g/mol. The molecular weight excluding hydrogens is 431 g/mol. The Balaban J connectivity index is 1.42. The van der Waals surface area contributed by atoms with E-state index in [1.165, 1.54) is 18.1 Å². The van der Waals surface area contributed by atoms with Crippen molar-refractivity contribution in [2.45, 2.75) is 50.6 Å². The average molecular weight is 451 g/mol. The van der Waals surface area contributed by atoms with E-state index < -0.39 is 12.0 Å². The van der Waals surface area contributed by atoms with Crippen molar-refractivity contribution in [2.75, 3.05) is 5.75 Å². The minimum Gasteiger partial charge on any atom is -0.348 e. The highest BCUT2D eigenvalue weighted by atomic mass is 35.5. The van der Waals surface area contributed by atoms with Crippen LogP contribution < -0.4 is 0 Å². The van der Waals surface area contributed by atoms with E-state index in [1.807, 2.05) is 26.0 Å². The molecule has 30 heavy (non-hydrogen) atoms. The molecule has 0 spiro atoms. The number of hydrogen-bond acceptors (Lipinski definition) is 7. The molecule has 0 aromatic carbocycles. The maximum atomic E-state index is 14.3. The van der Waals surface area contributed by atoms with Crippen molar-refractivity contribution in [2.24, 2.45) is 0 Å². The molecule has 4 heterocycles. The minimum absolute atomic E-state index is 0.146. The molecule has 0 N–H and O–H groups in total. The summed E-state index contributed by atoms with van der Waals surface area (Å²) in [7, 11) is 0. The lowest BCUT2D eigenvalue weighted by Gasteiger charge is -2.24. The van der Waals surface area contributed by atoms with Gasteiger partial charge in [0.15, 0.2) is 22.8 Å². The number of rotatable bonds is 4. The predicted octanol–water partition coefficient (Wildman–Crippen LogP) is 4.33. The summed E-state index contributed by atoms with van der Waals surface area (Å²) in [4.78, 5) is 13.2. The third-order valence-corrected chi connectivity index (χ3v) is 6.62. The average Bonchev–Trinajstić information content (AvgIpc) is 3.30. The second-order valence-electron chi connectivity index (χ2n) is 7.69. The molecule has 3 aliphatic rings. The second-order valence-corrected chi connectivity index (χ2v) is 9.11. The van der Waals surface area contributed by atoms with Crippen molar-refractivity contribution in [1.82, 2.24) is 19.5 Å². The smallest absolute Gasteiger partial charge is 0.167 e. The molecule has 1 aliphatic carbocycles. The molecule has 2 saturated heterocycles. The molecule has 2 aromatic rings. The molecule has 10 heteroatoms. The summed E-state index contributed by atoms with van der Waals surface area (Å²) in [5, 5.41) is 0.278. The van der Waals surface area contributed by atoms with Crippen LogP contribution in [0.3, 0.4) is 0 Å². The quantitative estimate of drug-likeness (QED) is 0.642. The van der Waals surface area contributed by atoms with Crippen molar-refractivity contribution in [3.05, 3.63) is 52.8 Å². The van der Waals surface area contributed by atoms with Gasteiger partial charge in [-0.15, -0.1) is 11.8 Å². The van der Waals surface area contributed by atoms with Gasteiger partial charge in [-0.05, 0) is 19.9 Å². The first-order chi connectivity index (χ1) is 14.4. The van der Waals surface area contributed by atoms with Crippen molar-refractivity contribution >= 4 is 34.5 Å². The van der Waals surface area contributed by atoms with Gasteiger partial charge in [0.1, 0.15) is 29.9 Å². The van der Waals surface area contributed by atoms with Gasteiger partial charge in [-0.1, -0.05) is 29.8 Å². The van der Waals surface area contributed by atoms with Crippen LogP contribution in [0.5, 0.6) is 0 Å². The number of imidazole rings is 1. The van der Waals surface area contributed by atoms with E-state index in [0.29, 0.717) is 28.2 Å². The van der Waals surface area contributed by atoms with Crippen LogP contribution in [0.2, 0.25) is 5.15 Å². The Hall–Kier alpha value is -1.78. The number of fused-ring (bicyclic) bond motifs is 2. The molecule has 7 nitrogen and oxygen atoms in total. The lowest BCUT2D eigenvalue weighted by atomic mass is 10.1. The summed E-state index contributed by atoms with van der Waals surface area (Å²) in [5.74, 6) is -0.376. The van der Waals surface area contributed by atoms with Gasteiger partial charge in [0.2, 0.25) is 0 Å². The SMILES string of the molecule is CC1(C)O[C@@H]2[C@@H](CSC3=C(F)CC=CC=C3)OC(n3cnc4c(Cl)ncnc43)[C@@H]2O1. The van der Waals surface area contributed by atoms with Crippen LogP contribution in [0.15, 0.2) is 47.7 Å². The molecule has 0 radical (unpaired) electrons. The van der Waals surface area contributed by atoms with E-state index in [2.05, 4.69) is 15.0 Å². The van der Waals surface area contributed by atoms with Gasteiger partial charge in [0.25, 0.3) is 0 Å². The Labute approximate surface area is 182 Å². The highest BCUT2D eigenvalue weighted by molar-refractivity contribution is 8.03. The fraction of sp³-hybridized carbons (Fsp3) is 0.450. The number of thioether (sulfide) groups is 1. The molecule has 0 amide bonds. The van der Waals surface area contributed by atoms with E-state index in [-0.39, 0.29) is 29.3 Å². The molecular formula is C20H20ClFN4O3S. The van der Waals surface area contributed by atoms with Gasteiger partial charge in [-0.3, -0.25) is 4.57 Å². The Morgan fingerprint density at radius 2 is 2.07 bits per heavy atom. The zero-order valence-corrected chi connectivity index (χ0v) is 17.9. The topological polar surface area (TPSA) is 71.3 Å². The van der Waals surface area contributed by atoms with Crippen molar-refractivity contribution in [1.29, 1.82) is 0 Å².